The lowest BCUT2D eigenvalue weighted by molar-refractivity contribution is -0.254. The van der Waals surface area contributed by atoms with Crippen LogP contribution in [-0.2, 0) is 0 Å². The molecule has 1 aliphatic rings. The maximum atomic E-state index is 15.6. The van der Waals surface area contributed by atoms with E-state index in [4.69, 9.17) is 0 Å². The predicted octanol–water partition coefficient (Wildman–Crippen LogP) is 10.7. The highest BCUT2D eigenvalue weighted by atomic mass is 32.1. The Labute approximate surface area is 228 Å². The van der Waals surface area contributed by atoms with Crippen LogP contribution in [0.1, 0.15) is 32.0 Å². The van der Waals surface area contributed by atoms with Crippen LogP contribution in [0.4, 0.5) is 26.3 Å². The molecular weight excluding hydrogens is 550 g/mol. The summed E-state index contributed by atoms with van der Waals surface area (Å²) in [5.41, 5.74) is -1.34. The van der Waals surface area contributed by atoms with Crippen molar-refractivity contribution in [2.75, 3.05) is 0 Å². The highest BCUT2D eigenvalue weighted by Gasteiger charge is 2.80. The van der Waals surface area contributed by atoms with Gasteiger partial charge in [-0.25, -0.2) is 0 Å². The van der Waals surface area contributed by atoms with Crippen molar-refractivity contribution in [1.29, 1.82) is 0 Å². The van der Waals surface area contributed by atoms with Gasteiger partial charge in [0.05, 0.1) is 0 Å². The van der Waals surface area contributed by atoms with Gasteiger partial charge in [-0.3, -0.25) is 0 Å². The monoisotopic (exact) mass is 570 g/mol. The van der Waals surface area contributed by atoms with E-state index in [-0.39, 0.29) is 31.7 Å². The van der Waals surface area contributed by atoms with Crippen LogP contribution in [0, 0.1) is 13.8 Å². The molecule has 0 nitrogen and oxygen atoms in total. The van der Waals surface area contributed by atoms with Gasteiger partial charge in [-0.15, -0.1) is 22.7 Å². The molecule has 8 heteroatoms. The lowest BCUT2D eigenvalue weighted by atomic mass is 9.91. The van der Waals surface area contributed by atoms with Gasteiger partial charge in [0.1, 0.15) is 0 Å². The van der Waals surface area contributed by atoms with Crippen LogP contribution in [0.25, 0.3) is 43.5 Å². The molecule has 0 fully saturated rings. The minimum absolute atomic E-state index is 0.242. The van der Waals surface area contributed by atoms with Gasteiger partial charge < -0.3 is 0 Å². The number of allylic oxidation sites excluding steroid dienone is 2. The molecule has 0 amide bonds. The molecule has 0 radical (unpaired) electrons. The van der Waals surface area contributed by atoms with Crippen molar-refractivity contribution in [2.24, 2.45) is 0 Å². The molecule has 0 bridgehead atoms. The normalized spacial score (nSPS) is 18.2. The first kappa shape index (κ1) is 25.9. The first-order valence-electron chi connectivity index (χ1n) is 12.1. The van der Waals surface area contributed by atoms with Gasteiger partial charge in [-0.1, -0.05) is 72.8 Å². The van der Waals surface area contributed by atoms with Crippen LogP contribution in [0.3, 0.4) is 0 Å². The predicted molar refractivity (Wildman–Crippen MR) is 150 cm³/mol. The second-order valence-corrected chi connectivity index (χ2v) is 12.0. The average molecular weight is 571 g/mol. The molecule has 0 N–H and O–H groups in total. The maximum absolute atomic E-state index is 15.6. The number of halogens is 6. The van der Waals surface area contributed by atoms with E-state index in [1.165, 1.54) is 19.9 Å². The summed E-state index contributed by atoms with van der Waals surface area (Å²) in [5, 5.41) is 0.499. The van der Waals surface area contributed by atoms with Crippen molar-refractivity contribution < 1.29 is 26.3 Å². The van der Waals surface area contributed by atoms with Crippen molar-refractivity contribution in [3.05, 3.63) is 105 Å². The molecule has 6 rings (SSSR count). The number of hydrogen-bond donors (Lipinski definition) is 0. The summed E-state index contributed by atoms with van der Waals surface area (Å²) in [6, 6.07) is 21.0. The first-order valence-corrected chi connectivity index (χ1v) is 13.7. The van der Waals surface area contributed by atoms with Crippen LogP contribution in [0.2, 0.25) is 0 Å². The van der Waals surface area contributed by atoms with E-state index in [1.54, 1.807) is 36.4 Å². The number of thiophene rings is 2. The molecule has 1 aliphatic carbocycles. The molecule has 0 atom stereocenters. The molecule has 0 aliphatic heterocycles. The van der Waals surface area contributed by atoms with Crippen molar-refractivity contribution >= 4 is 66.1 Å². The van der Waals surface area contributed by atoms with Gasteiger partial charge in [0.25, 0.3) is 0 Å². The van der Waals surface area contributed by atoms with Crippen LogP contribution in [0.15, 0.2) is 72.8 Å². The Morgan fingerprint density at radius 1 is 0.564 bits per heavy atom. The Bertz CT molecular complexity index is 1810. The van der Waals surface area contributed by atoms with Crippen molar-refractivity contribution in [3.63, 3.8) is 0 Å². The van der Waals surface area contributed by atoms with Crippen LogP contribution in [0.5, 0.6) is 0 Å². The molecule has 0 saturated heterocycles. The highest BCUT2D eigenvalue weighted by molar-refractivity contribution is 7.19. The van der Waals surface area contributed by atoms with E-state index in [0.717, 1.165) is 33.8 Å². The first-order chi connectivity index (χ1) is 18.4. The summed E-state index contributed by atoms with van der Waals surface area (Å²) in [7, 11) is 0. The van der Waals surface area contributed by atoms with E-state index in [0.29, 0.717) is 9.40 Å². The van der Waals surface area contributed by atoms with E-state index >= 15 is 26.3 Å². The Kier molecular flexibility index (Phi) is 5.86. The van der Waals surface area contributed by atoms with E-state index in [9.17, 15) is 0 Å². The van der Waals surface area contributed by atoms with E-state index in [1.807, 2.05) is 42.5 Å². The number of hydrogen-bond acceptors (Lipinski definition) is 2. The second kappa shape index (κ2) is 8.83. The summed E-state index contributed by atoms with van der Waals surface area (Å²) in [6.45, 7) is 3.01. The third kappa shape index (κ3) is 3.72. The molecule has 39 heavy (non-hydrogen) atoms. The highest BCUT2D eigenvalue weighted by Crippen LogP contribution is 2.67. The van der Waals surface area contributed by atoms with Gasteiger partial charge in [-0.2, -0.15) is 26.3 Å². The second-order valence-electron chi connectivity index (χ2n) is 9.54. The van der Waals surface area contributed by atoms with Gasteiger partial charge in [-0.05, 0) is 37.1 Å². The quantitative estimate of drug-likeness (QED) is 0.149. The smallest absolute Gasteiger partial charge is 0.194 e. The fourth-order valence-corrected chi connectivity index (χ4v) is 7.46. The molecule has 0 spiro atoms. The Balaban J connectivity index is 1.61. The fraction of sp³-hybridized carbons (Fsp3) is 0.161. The Morgan fingerprint density at radius 2 is 1.08 bits per heavy atom. The molecule has 0 saturated carbocycles. The minimum atomic E-state index is -5.60. The molecule has 3 aromatic carbocycles. The van der Waals surface area contributed by atoms with E-state index in [2.05, 4.69) is 0 Å². The fourth-order valence-electron chi connectivity index (χ4n) is 5.27. The molecule has 0 unspecified atom stereocenters. The number of alkyl halides is 6. The SMILES string of the molecule is Cc1sc2ccccc2c1C1=C(c2c(C)sc3cc(/C=C/c4ccccc4)ccc23)C(F)(F)C(F)(F)C1(F)F. The van der Waals surface area contributed by atoms with Crippen molar-refractivity contribution in [3.8, 4) is 0 Å². The number of rotatable bonds is 4. The number of aryl methyl sites for hydroxylation is 2. The summed E-state index contributed by atoms with van der Waals surface area (Å²) in [4.78, 5) is 0.550. The average Bonchev–Trinajstić information content (AvgIpc) is 3.43. The summed E-state index contributed by atoms with van der Waals surface area (Å²) >= 11 is 2.24. The zero-order chi connectivity index (χ0) is 27.7. The Morgan fingerprint density at radius 3 is 1.72 bits per heavy atom. The Hall–Kier alpha value is -3.36. The molecule has 2 heterocycles. The largest absolute Gasteiger partial charge is 0.380 e. The summed E-state index contributed by atoms with van der Waals surface area (Å²) in [5.74, 6) is -15.8. The van der Waals surface area contributed by atoms with Crippen LogP contribution < -0.4 is 0 Å². The molecule has 2 aromatic heterocycles. The van der Waals surface area contributed by atoms with Gasteiger partial charge in [0.2, 0.25) is 0 Å². The van der Waals surface area contributed by atoms with Gasteiger partial charge in [0, 0.05) is 52.2 Å². The molecular formula is C31H20F6S2. The van der Waals surface area contributed by atoms with Gasteiger partial charge >= 0.3 is 17.8 Å². The minimum Gasteiger partial charge on any atom is -0.194 e. The van der Waals surface area contributed by atoms with Crippen molar-refractivity contribution in [1.82, 2.24) is 0 Å². The van der Waals surface area contributed by atoms with Crippen LogP contribution >= 0.6 is 22.7 Å². The summed E-state index contributed by atoms with van der Waals surface area (Å²) < 4.78 is 93.5. The third-order valence-electron chi connectivity index (χ3n) is 7.10. The third-order valence-corrected chi connectivity index (χ3v) is 9.25. The zero-order valence-electron chi connectivity index (χ0n) is 20.7. The maximum Gasteiger partial charge on any atom is 0.380 e. The standard InChI is InChI=1S/C31H20F6S2/c1-17-25(21-10-6-7-11-23(21)38-17)27-28(30(34,35)31(36,37)29(27,32)33)26-18(2)39-24-16-20(14-15-22(24)26)13-12-19-8-4-3-5-9-19/h3-16H,1-2H3/b13-12+. The van der Waals surface area contributed by atoms with E-state index < -0.39 is 28.9 Å². The van der Waals surface area contributed by atoms with Crippen molar-refractivity contribution in [2.45, 2.75) is 31.6 Å². The summed E-state index contributed by atoms with van der Waals surface area (Å²) in [6.07, 6.45) is 3.74. The van der Waals surface area contributed by atoms with Gasteiger partial charge in [0.15, 0.2) is 0 Å². The lowest BCUT2D eigenvalue weighted by Gasteiger charge is -2.26. The van der Waals surface area contributed by atoms with Crippen LogP contribution in [-0.4, -0.2) is 17.8 Å². The topological polar surface area (TPSA) is 0 Å². The number of benzene rings is 3. The lowest BCUT2D eigenvalue weighted by Crippen LogP contribution is -2.48. The zero-order valence-corrected chi connectivity index (χ0v) is 22.3. The molecule has 5 aromatic rings. The number of fused-ring (bicyclic) bond motifs is 2. The molecule has 198 valence electrons.